The van der Waals surface area contributed by atoms with Gasteiger partial charge in [0.15, 0.2) is 0 Å². The number of rotatable bonds is 34. The number of allylic oxidation sites excluding steroid dienone is 12. The molecule has 264 valence electrons. The predicted molar refractivity (Wildman–Crippen MR) is 200 cm³/mol. The van der Waals surface area contributed by atoms with Crippen molar-refractivity contribution in [2.75, 3.05) is 19.8 Å². The molecule has 0 aromatic carbocycles. The number of hydrogen-bond acceptors (Lipinski definition) is 4. The van der Waals surface area contributed by atoms with Gasteiger partial charge in [-0.15, -0.1) is 0 Å². The minimum absolute atomic E-state index is 0.182. The second-order valence-electron chi connectivity index (χ2n) is 12.3. The molecule has 0 aliphatic heterocycles. The lowest BCUT2D eigenvalue weighted by atomic mass is 10.1. The van der Waals surface area contributed by atoms with Gasteiger partial charge in [-0.25, -0.2) is 0 Å². The topological polar surface area (TPSA) is 55.8 Å². The molecule has 0 aliphatic rings. The Bertz CT molecular complexity index is 804. The summed E-state index contributed by atoms with van der Waals surface area (Å²) >= 11 is 0. The first kappa shape index (κ1) is 43.8. The maximum absolute atomic E-state index is 12.2. The van der Waals surface area contributed by atoms with Gasteiger partial charge in [0, 0.05) is 13.0 Å². The van der Waals surface area contributed by atoms with E-state index >= 15 is 0 Å². The van der Waals surface area contributed by atoms with E-state index in [1.54, 1.807) is 0 Å². The third-order valence-electron chi connectivity index (χ3n) is 7.75. The Morgan fingerprint density at radius 2 is 0.978 bits per heavy atom. The Hall–Kier alpha value is -2.17. The van der Waals surface area contributed by atoms with Crippen molar-refractivity contribution >= 4 is 5.97 Å². The van der Waals surface area contributed by atoms with Gasteiger partial charge in [0.05, 0.1) is 13.2 Å². The molecular formula is C42H72O4. The second kappa shape index (κ2) is 39.0. The van der Waals surface area contributed by atoms with E-state index in [0.717, 1.165) is 64.2 Å². The van der Waals surface area contributed by atoms with Crippen molar-refractivity contribution in [2.24, 2.45) is 0 Å². The van der Waals surface area contributed by atoms with E-state index < -0.39 is 6.10 Å². The summed E-state index contributed by atoms with van der Waals surface area (Å²) in [6.07, 6.45) is 52.3. The Balaban J connectivity index is 3.52. The van der Waals surface area contributed by atoms with Crippen molar-refractivity contribution in [1.82, 2.24) is 0 Å². The van der Waals surface area contributed by atoms with Gasteiger partial charge in [-0.2, -0.15) is 0 Å². The van der Waals surface area contributed by atoms with E-state index in [2.05, 4.69) is 86.8 Å². The van der Waals surface area contributed by atoms with Crippen LogP contribution in [-0.4, -0.2) is 37.0 Å². The molecule has 0 aliphatic carbocycles. The fraction of sp³-hybridized carbons (Fsp3) is 0.690. The van der Waals surface area contributed by atoms with Crippen molar-refractivity contribution in [3.8, 4) is 0 Å². The number of carbonyl (C=O) groups is 1. The van der Waals surface area contributed by atoms with Gasteiger partial charge in [0.25, 0.3) is 0 Å². The molecule has 0 saturated carbocycles. The highest BCUT2D eigenvalue weighted by Crippen LogP contribution is 2.12. The summed E-state index contributed by atoms with van der Waals surface area (Å²) in [6.45, 7) is 5.14. The lowest BCUT2D eigenvalue weighted by Gasteiger charge is -2.15. The largest absolute Gasteiger partial charge is 0.457 e. The smallest absolute Gasteiger partial charge is 0.306 e. The molecule has 0 aromatic rings. The highest BCUT2D eigenvalue weighted by Gasteiger charge is 2.13. The van der Waals surface area contributed by atoms with Crippen molar-refractivity contribution in [3.63, 3.8) is 0 Å². The molecule has 1 atom stereocenters. The summed E-state index contributed by atoms with van der Waals surface area (Å²) in [5, 5.41) is 9.55. The van der Waals surface area contributed by atoms with Crippen LogP contribution in [0, 0.1) is 0 Å². The normalized spacial score (nSPS) is 13.2. The van der Waals surface area contributed by atoms with Gasteiger partial charge in [-0.3, -0.25) is 4.79 Å². The summed E-state index contributed by atoms with van der Waals surface area (Å²) in [5.41, 5.74) is 0. The molecule has 0 radical (unpaired) electrons. The highest BCUT2D eigenvalue weighted by atomic mass is 16.6. The third-order valence-corrected chi connectivity index (χ3v) is 7.75. The van der Waals surface area contributed by atoms with E-state index in [9.17, 15) is 9.90 Å². The average Bonchev–Trinajstić information content (AvgIpc) is 3.06. The molecule has 0 bridgehead atoms. The van der Waals surface area contributed by atoms with Crippen molar-refractivity contribution in [2.45, 2.75) is 168 Å². The second-order valence-corrected chi connectivity index (χ2v) is 12.3. The summed E-state index contributed by atoms with van der Waals surface area (Å²) in [5.74, 6) is -0.218. The summed E-state index contributed by atoms with van der Waals surface area (Å²) in [4.78, 5) is 12.2. The number of unbranched alkanes of at least 4 members (excludes halogenated alkanes) is 14. The third kappa shape index (κ3) is 36.3. The van der Waals surface area contributed by atoms with E-state index in [1.807, 2.05) is 0 Å². The van der Waals surface area contributed by atoms with Crippen LogP contribution in [-0.2, 0) is 14.3 Å². The molecule has 4 nitrogen and oxygen atoms in total. The fourth-order valence-electron chi connectivity index (χ4n) is 4.94. The molecule has 46 heavy (non-hydrogen) atoms. The van der Waals surface area contributed by atoms with Gasteiger partial charge < -0.3 is 14.6 Å². The zero-order valence-electron chi connectivity index (χ0n) is 30.1. The minimum Gasteiger partial charge on any atom is -0.457 e. The first-order chi connectivity index (χ1) is 22.7. The molecule has 0 aromatic heterocycles. The molecule has 4 heteroatoms. The van der Waals surface area contributed by atoms with Crippen LogP contribution in [0.15, 0.2) is 72.9 Å². The minimum atomic E-state index is -0.545. The molecular weight excluding hydrogens is 568 g/mol. The molecule has 0 rings (SSSR count). The SMILES string of the molecule is CC/C=C\C/C=C\C/C=C\C/C=C\C/C=C\CCCCCCCCCC(=O)OC(CO)COCCCCCCCC/C=C\CCC. The van der Waals surface area contributed by atoms with Gasteiger partial charge >= 0.3 is 5.97 Å². The number of carbonyl (C=O) groups excluding carboxylic acids is 1. The molecule has 1 N–H and O–H groups in total. The molecule has 0 fully saturated rings. The Labute approximate surface area is 285 Å². The Morgan fingerprint density at radius 1 is 0.543 bits per heavy atom. The Morgan fingerprint density at radius 3 is 1.50 bits per heavy atom. The van der Waals surface area contributed by atoms with Crippen molar-refractivity contribution in [1.29, 1.82) is 0 Å². The van der Waals surface area contributed by atoms with Crippen molar-refractivity contribution < 1.29 is 19.4 Å². The molecule has 0 heterocycles. The van der Waals surface area contributed by atoms with Crippen LogP contribution in [0.2, 0.25) is 0 Å². The van der Waals surface area contributed by atoms with Crippen LogP contribution in [0.5, 0.6) is 0 Å². The standard InChI is InChI=1S/C42H72O4/c1-3-5-7-9-11-13-15-16-17-18-19-20-21-22-23-24-25-26-27-29-31-33-35-37-42(44)46-41(39-43)40-45-38-36-34-32-30-28-14-12-10-8-6-4-2/h5,7-8,10-11,13,16-17,19-20,22-23,41,43H,3-4,6,9,12,14-15,18,21,24-40H2,1-2H3/b7-5-,10-8-,13-11-,17-16-,20-19-,23-22-. The van der Waals surface area contributed by atoms with Crippen LogP contribution in [0.25, 0.3) is 0 Å². The lowest BCUT2D eigenvalue weighted by molar-refractivity contribution is -0.154. The van der Waals surface area contributed by atoms with Crippen LogP contribution in [0.1, 0.15) is 162 Å². The maximum atomic E-state index is 12.2. The van der Waals surface area contributed by atoms with Gasteiger partial charge in [-0.1, -0.05) is 151 Å². The monoisotopic (exact) mass is 641 g/mol. The number of esters is 1. The van der Waals surface area contributed by atoms with E-state index in [4.69, 9.17) is 9.47 Å². The van der Waals surface area contributed by atoms with Crippen LogP contribution >= 0.6 is 0 Å². The lowest BCUT2D eigenvalue weighted by Crippen LogP contribution is -2.27. The number of hydrogen-bond donors (Lipinski definition) is 1. The fourth-order valence-corrected chi connectivity index (χ4v) is 4.94. The Kier molecular flexibility index (Phi) is 37.2. The van der Waals surface area contributed by atoms with Crippen molar-refractivity contribution in [3.05, 3.63) is 72.9 Å². The summed E-state index contributed by atoms with van der Waals surface area (Å²) in [6, 6.07) is 0. The number of aliphatic hydroxyl groups excluding tert-OH is 1. The first-order valence-electron chi connectivity index (χ1n) is 19.0. The highest BCUT2D eigenvalue weighted by molar-refractivity contribution is 5.69. The molecule has 0 saturated heterocycles. The number of ether oxygens (including phenoxy) is 2. The predicted octanol–water partition coefficient (Wildman–Crippen LogP) is 12.3. The average molecular weight is 641 g/mol. The van der Waals surface area contributed by atoms with Gasteiger partial charge in [0.1, 0.15) is 6.10 Å². The molecule has 1 unspecified atom stereocenters. The zero-order chi connectivity index (χ0) is 33.4. The van der Waals surface area contributed by atoms with E-state index in [1.165, 1.54) is 77.0 Å². The van der Waals surface area contributed by atoms with Crippen LogP contribution in [0.3, 0.4) is 0 Å². The van der Waals surface area contributed by atoms with E-state index in [-0.39, 0.29) is 19.2 Å². The maximum Gasteiger partial charge on any atom is 0.306 e. The van der Waals surface area contributed by atoms with Crippen LogP contribution in [0.4, 0.5) is 0 Å². The first-order valence-corrected chi connectivity index (χ1v) is 19.0. The zero-order valence-corrected chi connectivity index (χ0v) is 30.1. The summed E-state index contributed by atoms with van der Waals surface area (Å²) in [7, 11) is 0. The quantitative estimate of drug-likeness (QED) is 0.0432. The van der Waals surface area contributed by atoms with Gasteiger partial charge in [0.2, 0.25) is 0 Å². The van der Waals surface area contributed by atoms with Gasteiger partial charge in [-0.05, 0) is 77.0 Å². The molecule has 0 spiro atoms. The van der Waals surface area contributed by atoms with Crippen LogP contribution < -0.4 is 0 Å². The summed E-state index contributed by atoms with van der Waals surface area (Å²) < 4.78 is 11.1. The van der Waals surface area contributed by atoms with E-state index in [0.29, 0.717) is 13.0 Å². The molecule has 0 amide bonds. The number of aliphatic hydroxyl groups is 1.